The maximum Gasteiger partial charge on any atom is 0.271 e. The topological polar surface area (TPSA) is 71.7 Å². The fourth-order valence-corrected chi connectivity index (χ4v) is 2.30. The van der Waals surface area contributed by atoms with E-state index in [4.69, 9.17) is 5.26 Å². The Morgan fingerprint density at radius 3 is 2.27 bits per heavy atom. The summed E-state index contributed by atoms with van der Waals surface area (Å²) < 4.78 is 0. The lowest BCUT2D eigenvalue weighted by molar-refractivity contribution is 0.0955. The molecular weight excluding hydrogens is 326 g/mol. The lowest BCUT2D eigenvalue weighted by atomic mass is 10.2. The van der Waals surface area contributed by atoms with Gasteiger partial charge in [-0.1, -0.05) is 12.1 Å². The van der Waals surface area contributed by atoms with Crippen LogP contribution in [0.3, 0.4) is 0 Å². The standard InChI is InChI=1S/C20H23N5O/c1-24(2)18-11-7-17(8-12-18)20(26)23-22-15-16-5-9-19(10-6-16)25(3)14-4-13-21/h5-12,15H,4,14H2,1-3H3,(H,23,26)/b22-15-. The molecule has 0 aromatic heterocycles. The zero-order valence-corrected chi connectivity index (χ0v) is 15.3. The van der Waals surface area contributed by atoms with Gasteiger partial charge in [0.15, 0.2) is 0 Å². The molecule has 1 amide bonds. The number of hydrogen-bond donors (Lipinski definition) is 1. The monoisotopic (exact) mass is 349 g/mol. The molecule has 0 aliphatic rings. The molecule has 0 saturated carbocycles. The van der Waals surface area contributed by atoms with Crippen molar-refractivity contribution in [2.45, 2.75) is 6.42 Å². The summed E-state index contributed by atoms with van der Waals surface area (Å²) in [4.78, 5) is 16.1. The predicted molar refractivity (Wildman–Crippen MR) is 106 cm³/mol. The van der Waals surface area contributed by atoms with Gasteiger partial charge in [0.25, 0.3) is 5.91 Å². The Kier molecular flexibility index (Phi) is 6.75. The highest BCUT2D eigenvalue weighted by molar-refractivity contribution is 5.95. The van der Waals surface area contributed by atoms with Gasteiger partial charge in [-0.2, -0.15) is 10.4 Å². The van der Waals surface area contributed by atoms with Crippen LogP contribution in [0, 0.1) is 11.3 Å². The molecule has 26 heavy (non-hydrogen) atoms. The van der Waals surface area contributed by atoms with Gasteiger partial charge in [-0.05, 0) is 42.0 Å². The minimum Gasteiger partial charge on any atom is -0.378 e. The van der Waals surface area contributed by atoms with Crippen molar-refractivity contribution in [3.63, 3.8) is 0 Å². The van der Waals surface area contributed by atoms with Crippen molar-refractivity contribution in [3.05, 3.63) is 59.7 Å². The zero-order valence-electron chi connectivity index (χ0n) is 15.3. The summed E-state index contributed by atoms with van der Waals surface area (Å²) in [6, 6.07) is 17.2. The van der Waals surface area contributed by atoms with Crippen molar-refractivity contribution in [3.8, 4) is 6.07 Å². The largest absolute Gasteiger partial charge is 0.378 e. The molecule has 6 heteroatoms. The number of carbonyl (C=O) groups is 1. The number of benzene rings is 2. The third-order valence-corrected chi connectivity index (χ3v) is 3.92. The molecule has 2 rings (SSSR count). The third kappa shape index (κ3) is 5.35. The van der Waals surface area contributed by atoms with Crippen LogP contribution in [0.25, 0.3) is 0 Å². The van der Waals surface area contributed by atoms with Crippen LogP contribution in [-0.2, 0) is 0 Å². The fourth-order valence-electron chi connectivity index (χ4n) is 2.30. The van der Waals surface area contributed by atoms with E-state index < -0.39 is 0 Å². The first-order chi connectivity index (χ1) is 12.5. The molecule has 0 saturated heterocycles. The zero-order chi connectivity index (χ0) is 18.9. The predicted octanol–water partition coefficient (Wildman–Crippen LogP) is 2.87. The third-order valence-electron chi connectivity index (χ3n) is 3.92. The van der Waals surface area contributed by atoms with Gasteiger partial charge in [0, 0.05) is 44.6 Å². The summed E-state index contributed by atoms with van der Waals surface area (Å²) in [5.74, 6) is -0.251. The van der Waals surface area contributed by atoms with E-state index >= 15 is 0 Å². The highest BCUT2D eigenvalue weighted by Gasteiger charge is 2.04. The maximum atomic E-state index is 12.1. The summed E-state index contributed by atoms with van der Waals surface area (Å²) >= 11 is 0. The number of hydrazone groups is 1. The molecule has 0 bridgehead atoms. The SMILES string of the molecule is CN(C)c1ccc(C(=O)N/N=C\c2ccc(N(C)CCC#N)cc2)cc1. The van der Waals surface area contributed by atoms with Crippen LogP contribution in [0.2, 0.25) is 0 Å². The lowest BCUT2D eigenvalue weighted by Gasteiger charge is -2.17. The minimum absolute atomic E-state index is 0.251. The summed E-state index contributed by atoms with van der Waals surface area (Å²) in [6.45, 7) is 0.687. The van der Waals surface area contributed by atoms with E-state index in [0.29, 0.717) is 18.5 Å². The van der Waals surface area contributed by atoms with Crippen LogP contribution in [0.1, 0.15) is 22.3 Å². The average molecular weight is 349 g/mol. The number of nitrogens with one attached hydrogen (secondary N) is 1. The Labute approximate surface area is 154 Å². The Balaban J connectivity index is 1.91. The smallest absolute Gasteiger partial charge is 0.271 e. The summed E-state index contributed by atoms with van der Waals surface area (Å²) in [5, 5.41) is 12.6. The molecule has 0 aliphatic carbocycles. The molecule has 0 spiro atoms. The number of nitriles is 1. The van der Waals surface area contributed by atoms with Crippen molar-refractivity contribution in [1.82, 2.24) is 5.43 Å². The quantitative estimate of drug-likeness (QED) is 0.616. The summed E-state index contributed by atoms with van der Waals surface area (Å²) in [7, 11) is 5.85. The molecule has 2 aromatic rings. The summed E-state index contributed by atoms with van der Waals surface area (Å²) in [6.07, 6.45) is 2.09. The molecule has 0 radical (unpaired) electrons. The Bertz CT molecular complexity index is 788. The van der Waals surface area contributed by atoms with Crippen LogP contribution in [0.5, 0.6) is 0 Å². The maximum absolute atomic E-state index is 12.1. The van der Waals surface area contributed by atoms with Crippen molar-refractivity contribution >= 4 is 23.5 Å². The van der Waals surface area contributed by atoms with Crippen molar-refractivity contribution in [2.24, 2.45) is 5.10 Å². The molecule has 0 atom stereocenters. The van der Waals surface area contributed by atoms with Crippen LogP contribution in [0.15, 0.2) is 53.6 Å². The number of anilines is 2. The molecule has 0 aliphatic heterocycles. The van der Waals surface area contributed by atoms with Gasteiger partial charge in [-0.3, -0.25) is 4.79 Å². The first kappa shape index (κ1) is 19.0. The number of carbonyl (C=O) groups excluding carboxylic acids is 1. The van der Waals surface area contributed by atoms with E-state index in [2.05, 4.69) is 16.6 Å². The van der Waals surface area contributed by atoms with E-state index in [1.165, 1.54) is 0 Å². The first-order valence-corrected chi connectivity index (χ1v) is 8.30. The van der Waals surface area contributed by atoms with E-state index in [1.54, 1.807) is 18.3 Å². The average Bonchev–Trinajstić information content (AvgIpc) is 2.66. The van der Waals surface area contributed by atoms with Gasteiger partial charge in [0.05, 0.1) is 18.7 Å². The molecule has 2 aromatic carbocycles. The normalized spacial score (nSPS) is 10.4. The molecular formula is C20H23N5O. The second kappa shape index (κ2) is 9.23. The van der Waals surface area contributed by atoms with Crippen LogP contribution in [0.4, 0.5) is 11.4 Å². The van der Waals surface area contributed by atoms with Crippen molar-refractivity contribution in [1.29, 1.82) is 5.26 Å². The van der Waals surface area contributed by atoms with Crippen LogP contribution < -0.4 is 15.2 Å². The Hall–Kier alpha value is -3.33. The molecule has 0 unspecified atom stereocenters. The summed E-state index contributed by atoms with van der Waals surface area (Å²) in [5.41, 5.74) is 6.03. The number of rotatable bonds is 7. The van der Waals surface area contributed by atoms with E-state index in [-0.39, 0.29) is 5.91 Å². The Morgan fingerprint density at radius 1 is 1.08 bits per heavy atom. The number of amides is 1. The van der Waals surface area contributed by atoms with Crippen LogP contribution >= 0.6 is 0 Å². The van der Waals surface area contributed by atoms with Gasteiger partial charge in [-0.25, -0.2) is 5.43 Å². The first-order valence-electron chi connectivity index (χ1n) is 8.30. The van der Waals surface area contributed by atoms with Crippen LogP contribution in [-0.4, -0.2) is 39.8 Å². The van der Waals surface area contributed by atoms with Crippen molar-refractivity contribution in [2.75, 3.05) is 37.5 Å². The highest BCUT2D eigenvalue weighted by Crippen LogP contribution is 2.13. The lowest BCUT2D eigenvalue weighted by Crippen LogP contribution is -2.18. The van der Waals surface area contributed by atoms with Gasteiger partial charge in [0.1, 0.15) is 0 Å². The molecule has 0 heterocycles. The molecule has 6 nitrogen and oxygen atoms in total. The highest BCUT2D eigenvalue weighted by atomic mass is 16.2. The number of nitrogens with zero attached hydrogens (tertiary/aromatic N) is 4. The second-order valence-corrected chi connectivity index (χ2v) is 6.06. The van der Waals surface area contributed by atoms with Gasteiger partial charge < -0.3 is 9.80 Å². The van der Waals surface area contributed by atoms with Gasteiger partial charge >= 0.3 is 0 Å². The minimum atomic E-state index is -0.251. The molecule has 0 fully saturated rings. The van der Waals surface area contributed by atoms with E-state index in [9.17, 15) is 4.79 Å². The van der Waals surface area contributed by atoms with Gasteiger partial charge in [-0.15, -0.1) is 0 Å². The number of hydrogen-bond acceptors (Lipinski definition) is 5. The van der Waals surface area contributed by atoms with E-state index in [1.807, 2.05) is 67.3 Å². The fraction of sp³-hybridized carbons (Fsp3) is 0.250. The molecule has 1 N–H and O–H groups in total. The molecule has 134 valence electrons. The Morgan fingerprint density at radius 2 is 1.69 bits per heavy atom. The van der Waals surface area contributed by atoms with Gasteiger partial charge in [0.2, 0.25) is 0 Å². The van der Waals surface area contributed by atoms with Crippen molar-refractivity contribution < 1.29 is 4.79 Å². The van der Waals surface area contributed by atoms with E-state index in [0.717, 1.165) is 16.9 Å². The second-order valence-electron chi connectivity index (χ2n) is 6.06.